The molecule has 1 unspecified atom stereocenters. The van der Waals surface area contributed by atoms with Crippen LogP contribution in [0.25, 0.3) is 17.1 Å². The highest BCUT2D eigenvalue weighted by atomic mass is 19.1. The molecule has 10 heteroatoms. The summed E-state index contributed by atoms with van der Waals surface area (Å²) in [6.45, 7) is 5.14. The van der Waals surface area contributed by atoms with E-state index in [1.165, 1.54) is 16.8 Å². The number of hydrogen-bond donors (Lipinski definition) is 3. The van der Waals surface area contributed by atoms with E-state index in [1.807, 2.05) is 19.9 Å². The molecule has 1 aromatic carbocycles. The van der Waals surface area contributed by atoms with Crippen molar-refractivity contribution < 1.29 is 14.3 Å². The number of carbonyl (C=O) groups is 1. The zero-order valence-electron chi connectivity index (χ0n) is 20.0. The average Bonchev–Trinajstić information content (AvgIpc) is 3.47. The molecule has 0 fully saturated rings. The van der Waals surface area contributed by atoms with Gasteiger partial charge in [-0.2, -0.15) is 10.2 Å². The monoisotopic (exact) mass is 477 g/mol. The third-order valence-corrected chi connectivity index (χ3v) is 5.69. The molecule has 0 saturated heterocycles. The van der Waals surface area contributed by atoms with Gasteiger partial charge >= 0.3 is 0 Å². The molecule has 4 aromatic rings. The molecule has 0 spiro atoms. The Balaban J connectivity index is 1.60. The van der Waals surface area contributed by atoms with E-state index in [1.54, 1.807) is 61.4 Å². The zero-order valence-corrected chi connectivity index (χ0v) is 20.0. The number of halogens is 1. The molecule has 0 saturated carbocycles. The highest BCUT2D eigenvalue weighted by Gasteiger charge is 2.29. The predicted octanol–water partition coefficient (Wildman–Crippen LogP) is 2.64. The number of aliphatic hydroxyl groups is 1. The molecule has 9 nitrogen and oxygen atoms in total. The first-order chi connectivity index (χ1) is 16.4. The van der Waals surface area contributed by atoms with Crippen LogP contribution in [0.5, 0.6) is 0 Å². The van der Waals surface area contributed by atoms with Gasteiger partial charge in [0.1, 0.15) is 17.1 Å². The van der Waals surface area contributed by atoms with Gasteiger partial charge in [-0.15, -0.1) is 0 Å². The molecule has 0 aliphatic rings. The summed E-state index contributed by atoms with van der Waals surface area (Å²) in [4.78, 5) is 17.5. The number of nitrogens with one attached hydrogen (secondary N) is 1. The minimum Gasteiger partial charge on any atom is -0.382 e. The predicted molar refractivity (Wildman–Crippen MR) is 129 cm³/mol. The van der Waals surface area contributed by atoms with Crippen molar-refractivity contribution in [2.24, 2.45) is 12.8 Å². The number of aryl methyl sites for hydroxylation is 1. The maximum Gasteiger partial charge on any atom is 0.269 e. The third kappa shape index (κ3) is 5.28. The minimum atomic E-state index is -1.52. The Morgan fingerprint density at radius 3 is 2.51 bits per heavy atom. The van der Waals surface area contributed by atoms with Crippen LogP contribution in [0.3, 0.4) is 0 Å². The Bertz CT molecular complexity index is 1340. The quantitative estimate of drug-likeness (QED) is 0.376. The van der Waals surface area contributed by atoms with Crippen molar-refractivity contribution >= 4 is 5.91 Å². The van der Waals surface area contributed by atoms with Crippen molar-refractivity contribution in [2.45, 2.75) is 31.9 Å². The molecule has 3 aromatic heterocycles. The molecule has 0 radical (unpaired) electrons. The Morgan fingerprint density at radius 1 is 1.17 bits per heavy atom. The summed E-state index contributed by atoms with van der Waals surface area (Å²) in [5.74, 6) is -0.268. The fourth-order valence-corrected chi connectivity index (χ4v) is 3.56. The van der Waals surface area contributed by atoms with Gasteiger partial charge < -0.3 is 16.2 Å². The lowest BCUT2D eigenvalue weighted by molar-refractivity contribution is 0.0486. The van der Waals surface area contributed by atoms with Crippen LogP contribution in [0.1, 0.15) is 42.5 Å². The van der Waals surface area contributed by atoms with Gasteiger partial charge in [0.15, 0.2) is 5.82 Å². The van der Waals surface area contributed by atoms with Gasteiger partial charge in [0.2, 0.25) is 0 Å². The number of amides is 1. The van der Waals surface area contributed by atoms with Crippen LogP contribution in [0.2, 0.25) is 0 Å². The van der Waals surface area contributed by atoms with E-state index in [0.29, 0.717) is 28.5 Å². The number of rotatable bonds is 7. The zero-order chi connectivity index (χ0) is 25.4. The third-order valence-electron chi connectivity index (χ3n) is 5.69. The summed E-state index contributed by atoms with van der Waals surface area (Å²) in [5, 5.41) is 22.5. The molecule has 0 aliphatic carbocycles. The normalized spacial score (nSPS) is 13.5. The van der Waals surface area contributed by atoms with Gasteiger partial charge in [0, 0.05) is 36.6 Å². The van der Waals surface area contributed by atoms with Crippen LogP contribution in [-0.2, 0) is 18.2 Å². The first kappa shape index (κ1) is 24.2. The molecule has 1 amide bonds. The summed E-state index contributed by atoms with van der Waals surface area (Å²) in [6.07, 6.45) is 3.35. The number of nitrogens with zero attached hydrogens (tertiary/aromatic N) is 5. The van der Waals surface area contributed by atoms with Crippen LogP contribution in [0.4, 0.5) is 4.39 Å². The van der Waals surface area contributed by atoms with Crippen LogP contribution >= 0.6 is 0 Å². The highest BCUT2D eigenvalue weighted by Crippen LogP contribution is 2.29. The summed E-state index contributed by atoms with van der Waals surface area (Å²) < 4.78 is 16.4. The van der Waals surface area contributed by atoms with Crippen LogP contribution in [-0.4, -0.2) is 42.1 Å². The molecule has 182 valence electrons. The Morgan fingerprint density at radius 2 is 1.89 bits per heavy atom. The Labute approximate surface area is 202 Å². The van der Waals surface area contributed by atoms with Gasteiger partial charge in [-0.1, -0.05) is 0 Å². The van der Waals surface area contributed by atoms with Crippen molar-refractivity contribution in [3.05, 3.63) is 83.7 Å². The number of pyridine rings is 1. The van der Waals surface area contributed by atoms with Crippen molar-refractivity contribution in [2.75, 3.05) is 6.54 Å². The van der Waals surface area contributed by atoms with Gasteiger partial charge in [0.05, 0.1) is 17.9 Å². The van der Waals surface area contributed by atoms with Gasteiger partial charge in [-0.3, -0.25) is 9.48 Å². The van der Waals surface area contributed by atoms with Crippen molar-refractivity contribution in [1.82, 2.24) is 29.9 Å². The van der Waals surface area contributed by atoms with E-state index in [-0.39, 0.29) is 12.4 Å². The van der Waals surface area contributed by atoms with Gasteiger partial charge in [0.25, 0.3) is 5.91 Å². The van der Waals surface area contributed by atoms with E-state index in [0.717, 1.165) is 5.56 Å². The Hall–Kier alpha value is -3.89. The molecule has 1 atom stereocenters. The summed E-state index contributed by atoms with van der Waals surface area (Å²) in [5.41, 5.74) is 6.70. The second-order valence-corrected chi connectivity index (χ2v) is 9.27. The topological polar surface area (TPSA) is 124 Å². The largest absolute Gasteiger partial charge is 0.382 e. The standard InChI is InChI=1S/C25H28FN7O2/c1-24(2,27)17-12-19(16-6-8-18(26)9-7-16)30-21(13-17)25(3,35)15-28-23(34)20-14-22(31-32(20)4)33-11-5-10-29-33/h5-14,35H,15,27H2,1-4H3,(H,28,34). The molecular weight excluding hydrogens is 449 g/mol. The van der Waals surface area contributed by atoms with E-state index in [2.05, 4.69) is 20.5 Å². The minimum absolute atomic E-state index is 0.113. The molecule has 0 bridgehead atoms. The fraction of sp³-hybridized carbons (Fsp3) is 0.280. The van der Waals surface area contributed by atoms with Crippen molar-refractivity contribution in [3.63, 3.8) is 0 Å². The van der Waals surface area contributed by atoms with Crippen LogP contribution in [0, 0.1) is 5.82 Å². The lowest BCUT2D eigenvalue weighted by atomic mass is 9.90. The van der Waals surface area contributed by atoms with E-state index in [4.69, 9.17) is 5.73 Å². The van der Waals surface area contributed by atoms with Gasteiger partial charge in [-0.25, -0.2) is 14.1 Å². The van der Waals surface area contributed by atoms with Crippen LogP contribution in [0.15, 0.2) is 60.9 Å². The number of hydrogen-bond acceptors (Lipinski definition) is 6. The summed E-state index contributed by atoms with van der Waals surface area (Å²) in [7, 11) is 1.66. The van der Waals surface area contributed by atoms with E-state index < -0.39 is 17.0 Å². The summed E-state index contributed by atoms with van der Waals surface area (Å²) >= 11 is 0. The molecular formula is C25H28FN7O2. The molecule has 4 N–H and O–H groups in total. The first-order valence-electron chi connectivity index (χ1n) is 11.1. The second kappa shape index (κ2) is 9.05. The van der Waals surface area contributed by atoms with E-state index in [9.17, 15) is 14.3 Å². The lowest BCUT2D eigenvalue weighted by Crippen LogP contribution is -2.40. The number of carbonyl (C=O) groups excluding carboxylic acids is 1. The maximum atomic E-state index is 13.4. The highest BCUT2D eigenvalue weighted by molar-refractivity contribution is 5.93. The first-order valence-corrected chi connectivity index (χ1v) is 11.1. The van der Waals surface area contributed by atoms with Crippen molar-refractivity contribution in [1.29, 1.82) is 0 Å². The SMILES string of the molecule is Cn1nc(-n2cccn2)cc1C(=O)NCC(C)(O)c1cc(C(C)(C)N)cc(-c2ccc(F)cc2)n1. The maximum absolute atomic E-state index is 13.4. The molecule has 35 heavy (non-hydrogen) atoms. The number of benzene rings is 1. The van der Waals surface area contributed by atoms with Crippen molar-refractivity contribution in [3.8, 4) is 17.1 Å². The van der Waals surface area contributed by atoms with Gasteiger partial charge in [-0.05, 0) is 68.8 Å². The average molecular weight is 478 g/mol. The molecule has 3 heterocycles. The lowest BCUT2D eigenvalue weighted by Gasteiger charge is -2.27. The Kier molecular flexibility index (Phi) is 6.27. The smallest absolute Gasteiger partial charge is 0.269 e. The second-order valence-electron chi connectivity index (χ2n) is 9.27. The van der Waals surface area contributed by atoms with E-state index >= 15 is 0 Å². The van der Waals surface area contributed by atoms with Crippen LogP contribution < -0.4 is 11.1 Å². The molecule has 0 aliphatic heterocycles. The summed E-state index contributed by atoms with van der Waals surface area (Å²) in [6, 6.07) is 12.8. The number of nitrogens with two attached hydrogens (primary N) is 1. The molecule has 4 rings (SSSR count). The fourth-order valence-electron chi connectivity index (χ4n) is 3.56. The number of aromatic nitrogens is 5.